The van der Waals surface area contributed by atoms with Crippen molar-refractivity contribution in [1.82, 2.24) is 5.32 Å². The van der Waals surface area contributed by atoms with Gasteiger partial charge in [-0.2, -0.15) is 0 Å². The monoisotopic (exact) mass is 285 g/mol. The molecule has 20 heavy (non-hydrogen) atoms. The molecular weight excluding hydrogens is 262 g/mol. The molecule has 6 nitrogen and oxygen atoms in total. The van der Waals surface area contributed by atoms with Crippen molar-refractivity contribution in [1.29, 1.82) is 0 Å². The van der Waals surface area contributed by atoms with Crippen molar-refractivity contribution in [2.24, 2.45) is 17.8 Å². The maximum atomic E-state index is 12.1. The van der Waals surface area contributed by atoms with Crippen LogP contribution in [0.3, 0.4) is 0 Å². The van der Waals surface area contributed by atoms with Gasteiger partial charge in [0, 0.05) is 5.92 Å². The summed E-state index contributed by atoms with van der Waals surface area (Å²) >= 11 is 0. The molecule has 3 atom stereocenters. The Morgan fingerprint density at radius 3 is 2.30 bits per heavy atom. The van der Waals surface area contributed by atoms with Gasteiger partial charge in [-0.3, -0.25) is 9.59 Å². The lowest BCUT2D eigenvalue weighted by molar-refractivity contribution is -0.146. The summed E-state index contributed by atoms with van der Waals surface area (Å²) in [7, 11) is 1.29. The molecule has 114 valence electrons. The maximum absolute atomic E-state index is 12.1. The lowest BCUT2D eigenvalue weighted by Gasteiger charge is -2.20. The average molecular weight is 285 g/mol. The zero-order valence-electron chi connectivity index (χ0n) is 12.2. The number of esters is 1. The Kier molecular flexibility index (Phi) is 5.98. The first-order valence-electron chi connectivity index (χ1n) is 6.96. The summed E-state index contributed by atoms with van der Waals surface area (Å²) < 4.78 is 4.69. The summed E-state index contributed by atoms with van der Waals surface area (Å²) in [5.41, 5.74) is 0. The molecule has 0 radical (unpaired) electrons. The molecule has 1 rings (SSSR count). The Labute approximate surface area is 118 Å². The van der Waals surface area contributed by atoms with Gasteiger partial charge in [0.25, 0.3) is 0 Å². The Balaban J connectivity index is 2.58. The van der Waals surface area contributed by atoms with Crippen LogP contribution in [0.25, 0.3) is 0 Å². The Morgan fingerprint density at radius 1 is 1.25 bits per heavy atom. The van der Waals surface area contributed by atoms with Crippen LogP contribution in [0.4, 0.5) is 0 Å². The van der Waals surface area contributed by atoms with Crippen LogP contribution in [-0.2, 0) is 19.1 Å². The van der Waals surface area contributed by atoms with Gasteiger partial charge in [-0.1, -0.05) is 13.8 Å². The predicted octanol–water partition coefficient (Wildman–Crippen LogP) is 1.19. The fourth-order valence-electron chi connectivity index (χ4n) is 2.56. The molecule has 0 aromatic rings. The second-order valence-corrected chi connectivity index (χ2v) is 5.76. The van der Waals surface area contributed by atoms with E-state index < -0.39 is 23.9 Å². The number of hydrogen-bond acceptors (Lipinski definition) is 4. The quantitative estimate of drug-likeness (QED) is 0.715. The summed E-state index contributed by atoms with van der Waals surface area (Å²) in [6, 6.07) is -0.656. The number of ether oxygens (including phenoxy) is 1. The smallest absolute Gasteiger partial charge is 0.328 e. The molecule has 0 saturated heterocycles. The zero-order valence-corrected chi connectivity index (χ0v) is 12.2. The molecule has 0 aliphatic heterocycles. The van der Waals surface area contributed by atoms with Crippen LogP contribution < -0.4 is 5.32 Å². The van der Waals surface area contributed by atoms with Crippen LogP contribution in [0.15, 0.2) is 0 Å². The fraction of sp³-hybridized carbons (Fsp3) is 0.786. The maximum Gasteiger partial charge on any atom is 0.328 e. The standard InChI is InChI=1S/C14H23NO5/c1-8(2)6-11(14(19)20-3)15-12(16)9-4-5-10(7-9)13(17)18/h8-11H,4-7H2,1-3H3,(H,15,16)(H,17,18)/t9-,10+,11?/m1/s1. The van der Waals surface area contributed by atoms with Crippen molar-refractivity contribution < 1.29 is 24.2 Å². The van der Waals surface area contributed by atoms with Crippen molar-refractivity contribution in [3.63, 3.8) is 0 Å². The highest BCUT2D eigenvalue weighted by atomic mass is 16.5. The first kappa shape index (κ1) is 16.5. The topological polar surface area (TPSA) is 92.7 Å². The molecule has 0 aromatic heterocycles. The summed E-state index contributed by atoms with van der Waals surface area (Å²) in [4.78, 5) is 34.6. The Hall–Kier alpha value is -1.59. The summed E-state index contributed by atoms with van der Waals surface area (Å²) in [6.45, 7) is 3.91. The van der Waals surface area contributed by atoms with Gasteiger partial charge in [-0.25, -0.2) is 4.79 Å². The van der Waals surface area contributed by atoms with Gasteiger partial charge < -0.3 is 15.2 Å². The number of methoxy groups -OCH3 is 1. The number of carbonyl (C=O) groups excluding carboxylic acids is 2. The molecule has 0 bridgehead atoms. The number of rotatable bonds is 6. The largest absolute Gasteiger partial charge is 0.481 e. The van der Waals surface area contributed by atoms with E-state index in [1.807, 2.05) is 13.8 Å². The van der Waals surface area contributed by atoms with Crippen LogP contribution in [0.1, 0.15) is 39.5 Å². The molecule has 1 aliphatic rings. The van der Waals surface area contributed by atoms with Crippen LogP contribution in [0.2, 0.25) is 0 Å². The molecular formula is C14H23NO5. The van der Waals surface area contributed by atoms with E-state index in [4.69, 9.17) is 5.11 Å². The molecule has 1 aliphatic carbocycles. The van der Waals surface area contributed by atoms with Crippen molar-refractivity contribution in [3.05, 3.63) is 0 Å². The number of carbonyl (C=O) groups is 3. The van der Waals surface area contributed by atoms with Crippen LogP contribution in [0, 0.1) is 17.8 Å². The van der Waals surface area contributed by atoms with Crippen LogP contribution in [0.5, 0.6) is 0 Å². The van der Waals surface area contributed by atoms with Crippen molar-refractivity contribution in [2.75, 3.05) is 7.11 Å². The highest BCUT2D eigenvalue weighted by Crippen LogP contribution is 2.31. The SMILES string of the molecule is COC(=O)C(CC(C)C)NC(=O)[C@@H]1CC[C@H](C(=O)O)C1. The number of hydrogen-bond donors (Lipinski definition) is 2. The predicted molar refractivity (Wildman–Crippen MR) is 71.9 cm³/mol. The molecule has 2 N–H and O–H groups in total. The highest BCUT2D eigenvalue weighted by Gasteiger charge is 2.35. The minimum absolute atomic E-state index is 0.245. The third-order valence-electron chi connectivity index (χ3n) is 3.66. The number of amides is 1. The summed E-state index contributed by atoms with van der Waals surface area (Å²) in [6.07, 6.45) is 1.92. The summed E-state index contributed by atoms with van der Waals surface area (Å²) in [5.74, 6) is -2.09. The van der Waals surface area contributed by atoms with Gasteiger partial charge >= 0.3 is 11.9 Å². The van der Waals surface area contributed by atoms with Crippen molar-refractivity contribution >= 4 is 17.8 Å². The van der Waals surface area contributed by atoms with Crippen molar-refractivity contribution in [2.45, 2.75) is 45.6 Å². The molecule has 1 saturated carbocycles. The van der Waals surface area contributed by atoms with Gasteiger partial charge in [0.05, 0.1) is 13.0 Å². The minimum atomic E-state index is -0.855. The molecule has 0 heterocycles. The third-order valence-corrected chi connectivity index (χ3v) is 3.66. The van der Waals surface area contributed by atoms with Gasteiger partial charge in [0.1, 0.15) is 6.04 Å². The van der Waals surface area contributed by atoms with E-state index in [2.05, 4.69) is 10.1 Å². The van der Waals surface area contributed by atoms with Gasteiger partial charge in [0.2, 0.25) is 5.91 Å². The number of carboxylic acids is 1. The summed E-state index contributed by atoms with van der Waals surface area (Å²) in [5, 5.41) is 11.6. The lowest BCUT2D eigenvalue weighted by atomic mass is 10.0. The molecule has 0 spiro atoms. The van der Waals surface area contributed by atoms with E-state index in [1.54, 1.807) is 0 Å². The lowest BCUT2D eigenvalue weighted by Crippen LogP contribution is -2.44. The Morgan fingerprint density at radius 2 is 1.85 bits per heavy atom. The molecule has 6 heteroatoms. The molecule has 1 unspecified atom stereocenters. The highest BCUT2D eigenvalue weighted by molar-refractivity contribution is 5.86. The fourth-order valence-corrected chi connectivity index (χ4v) is 2.56. The molecule has 0 aromatic carbocycles. The molecule has 1 amide bonds. The first-order valence-corrected chi connectivity index (χ1v) is 6.96. The van der Waals surface area contributed by atoms with E-state index in [9.17, 15) is 14.4 Å². The second kappa shape index (κ2) is 7.26. The van der Waals surface area contributed by atoms with E-state index in [0.29, 0.717) is 25.7 Å². The first-order chi connectivity index (χ1) is 9.35. The Bertz CT molecular complexity index is 380. The zero-order chi connectivity index (χ0) is 15.3. The third kappa shape index (κ3) is 4.51. The van der Waals surface area contributed by atoms with Gasteiger partial charge in [0.15, 0.2) is 0 Å². The normalized spacial score (nSPS) is 23.4. The van der Waals surface area contributed by atoms with Gasteiger partial charge in [-0.05, 0) is 31.6 Å². The number of carboxylic acid groups (broad SMARTS) is 1. The average Bonchev–Trinajstić information content (AvgIpc) is 2.86. The van der Waals surface area contributed by atoms with Crippen LogP contribution in [-0.4, -0.2) is 36.1 Å². The van der Waals surface area contributed by atoms with E-state index in [0.717, 1.165) is 0 Å². The van der Waals surface area contributed by atoms with Crippen molar-refractivity contribution in [3.8, 4) is 0 Å². The minimum Gasteiger partial charge on any atom is -0.481 e. The van der Waals surface area contributed by atoms with E-state index >= 15 is 0 Å². The number of nitrogens with one attached hydrogen (secondary N) is 1. The molecule has 1 fully saturated rings. The van der Waals surface area contributed by atoms with Gasteiger partial charge in [-0.15, -0.1) is 0 Å². The van der Waals surface area contributed by atoms with E-state index in [-0.39, 0.29) is 17.7 Å². The van der Waals surface area contributed by atoms with E-state index in [1.165, 1.54) is 7.11 Å². The second-order valence-electron chi connectivity index (χ2n) is 5.76. The van der Waals surface area contributed by atoms with Crippen LogP contribution >= 0.6 is 0 Å². The number of aliphatic carboxylic acids is 1.